The van der Waals surface area contributed by atoms with Crippen molar-refractivity contribution in [2.75, 3.05) is 16.8 Å². The van der Waals surface area contributed by atoms with E-state index in [-0.39, 0.29) is 24.2 Å². The molecule has 0 radical (unpaired) electrons. The molecule has 0 spiro atoms. The van der Waals surface area contributed by atoms with E-state index < -0.39 is 0 Å². The van der Waals surface area contributed by atoms with Crippen LogP contribution in [0.4, 0.5) is 11.4 Å². The second kappa shape index (κ2) is 7.92. The minimum atomic E-state index is -0.381. The molecule has 1 saturated heterocycles. The Bertz CT molecular complexity index is 812. The number of rotatable bonds is 5. The molecule has 2 aromatic carbocycles. The second-order valence-corrected chi connectivity index (χ2v) is 6.91. The maximum atomic E-state index is 12.7. The molecule has 1 fully saturated rings. The smallest absolute Gasteiger partial charge is 0.229 e. The molecule has 3 rings (SSSR count). The van der Waals surface area contributed by atoms with Crippen molar-refractivity contribution in [3.63, 3.8) is 0 Å². The third-order valence-electron chi connectivity index (χ3n) is 4.86. The van der Waals surface area contributed by atoms with Gasteiger partial charge in [-0.05, 0) is 36.1 Å². The van der Waals surface area contributed by atoms with Gasteiger partial charge in [0.1, 0.15) is 0 Å². The lowest BCUT2D eigenvalue weighted by Crippen LogP contribution is -2.29. The Morgan fingerprint density at radius 1 is 1.12 bits per heavy atom. The van der Waals surface area contributed by atoms with E-state index in [2.05, 4.69) is 31.3 Å². The quantitative estimate of drug-likeness (QED) is 0.844. The van der Waals surface area contributed by atoms with Crippen LogP contribution >= 0.6 is 11.6 Å². The van der Waals surface area contributed by atoms with Crippen LogP contribution in [0, 0.1) is 5.92 Å². The fourth-order valence-corrected chi connectivity index (χ4v) is 3.64. The van der Waals surface area contributed by atoms with Crippen molar-refractivity contribution in [1.29, 1.82) is 0 Å². The Morgan fingerprint density at radius 2 is 1.77 bits per heavy atom. The highest BCUT2D eigenvalue weighted by Crippen LogP contribution is 2.33. The van der Waals surface area contributed by atoms with Crippen LogP contribution < -0.4 is 10.2 Å². The molecule has 1 heterocycles. The first kappa shape index (κ1) is 18.5. The number of halogens is 1. The number of carbonyl (C=O) groups is 2. The van der Waals surface area contributed by atoms with E-state index in [1.54, 1.807) is 17.0 Å². The number of hydrogen-bond donors (Lipinski definition) is 1. The highest BCUT2D eigenvalue weighted by atomic mass is 35.5. The molecular weight excluding hydrogens is 348 g/mol. The van der Waals surface area contributed by atoms with Gasteiger partial charge in [0.05, 0.1) is 16.6 Å². The van der Waals surface area contributed by atoms with Gasteiger partial charge in [-0.15, -0.1) is 0 Å². The van der Waals surface area contributed by atoms with Gasteiger partial charge in [-0.2, -0.15) is 0 Å². The average molecular weight is 371 g/mol. The summed E-state index contributed by atoms with van der Waals surface area (Å²) < 4.78 is 0. The summed E-state index contributed by atoms with van der Waals surface area (Å²) in [4.78, 5) is 27.1. The summed E-state index contributed by atoms with van der Waals surface area (Å²) in [5.74, 6) is -0.547. The Labute approximate surface area is 159 Å². The molecule has 1 atom stereocenters. The normalized spacial score (nSPS) is 16.8. The van der Waals surface area contributed by atoms with Crippen molar-refractivity contribution in [2.45, 2.75) is 33.1 Å². The monoisotopic (exact) mass is 370 g/mol. The summed E-state index contributed by atoms with van der Waals surface area (Å²) in [6.07, 6.45) is 1.92. The molecule has 4 nitrogen and oxygen atoms in total. The number of nitrogens with one attached hydrogen (secondary N) is 1. The first-order valence-electron chi connectivity index (χ1n) is 9.01. The summed E-state index contributed by atoms with van der Waals surface area (Å²) >= 11 is 6.12. The first-order valence-corrected chi connectivity index (χ1v) is 9.39. The van der Waals surface area contributed by atoms with Crippen molar-refractivity contribution >= 4 is 34.8 Å². The van der Waals surface area contributed by atoms with Crippen molar-refractivity contribution in [3.05, 3.63) is 58.6 Å². The molecule has 26 heavy (non-hydrogen) atoms. The van der Waals surface area contributed by atoms with E-state index in [9.17, 15) is 9.59 Å². The van der Waals surface area contributed by atoms with Crippen LogP contribution in [0.5, 0.6) is 0 Å². The molecular formula is C21H23ClN2O2. The van der Waals surface area contributed by atoms with E-state index >= 15 is 0 Å². The standard InChI is InChI=1S/C21H23ClN2O2/c1-3-14-8-7-9-15(4-2)20(14)24-13-16(12-19(24)25)21(26)23-18-11-6-5-10-17(18)22/h5-11,16H,3-4,12-13H2,1-2H3,(H,23,26). The molecule has 2 amide bonds. The summed E-state index contributed by atoms with van der Waals surface area (Å²) in [5.41, 5.74) is 3.85. The number of nitrogens with zero attached hydrogens (tertiary/aromatic N) is 1. The molecule has 5 heteroatoms. The zero-order valence-corrected chi connectivity index (χ0v) is 15.8. The van der Waals surface area contributed by atoms with Gasteiger partial charge < -0.3 is 10.2 Å². The van der Waals surface area contributed by atoms with E-state index in [4.69, 9.17) is 11.6 Å². The molecule has 1 unspecified atom stereocenters. The van der Waals surface area contributed by atoms with Crippen LogP contribution in [0.2, 0.25) is 5.02 Å². The maximum absolute atomic E-state index is 12.7. The van der Waals surface area contributed by atoms with Crippen molar-refractivity contribution in [1.82, 2.24) is 0 Å². The lowest BCUT2D eigenvalue weighted by Gasteiger charge is -2.23. The zero-order valence-electron chi connectivity index (χ0n) is 15.1. The van der Waals surface area contributed by atoms with Gasteiger partial charge in [-0.25, -0.2) is 0 Å². The van der Waals surface area contributed by atoms with Crippen molar-refractivity contribution < 1.29 is 9.59 Å². The number of carbonyl (C=O) groups excluding carboxylic acids is 2. The van der Waals surface area contributed by atoms with Crippen LogP contribution in [0.1, 0.15) is 31.4 Å². The topological polar surface area (TPSA) is 49.4 Å². The predicted octanol–water partition coefficient (Wildman–Crippen LogP) is 4.46. The van der Waals surface area contributed by atoms with Crippen LogP contribution in [0.25, 0.3) is 0 Å². The molecule has 136 valence electrons. The highest BCUT2D eigenvalue weighted by Gasteiger charge is 2.36. The van der Waals surface area contributed by atoms with E-state index in [0.717, 1.165) is 29.7 Å². The van der Waals surface area contributed by atoms with Crippen LogP contribution in [0.3, 0.4) is 0 Å². The average Bonchev–Trinajstić information content (AvgIpc) is 3.04. The largest absolute Gasteiger partial charge is 0.324 e. The van der Waals surface area contributed by atoms with Crippen LogP contribution in [0.15, 0.2) is 42.5 Å². The van der Waals surface area contributed by atoms with Crippen molar-refractivity contribution in [3.8, 4) is 0 Å². The summed E-state index contributed by atoms with van der Waals surface area (Å²) in [7, 11) is 0. The molecule has 1 N–H and O–H groups in total. The van der Waals surface area contributed by atoms with E-state index in [0.29, 0.717) is 17.3 Å². The Kier molecular flexibility index (Phi) is 5.62. The van der Waals surface area contributed by atoms with Gasteiger partial charge in [-0.1, -0.05) is 55.8 Å². The lowest BCUT2D eigenvalue weighted by atomic mass is 10.0. The SMILES string of the molecule is CCc1cccc(CC)c1N1CC(C(=O)Nc2ccccc2Cl)CC1=O. The Hall–Kier alpha value is -2.33. The highest BCUT2D eigenvalue weighted by molar-refractivity contribution is 6.33. The molecule has 0 bridgehead atoms. The fraction of sp³-hybridized carbons (Fsp3) is 0.333. The van der Waals surface area contributed by atoms with E-state index in [1.165, 1.54) is 0 Å². The molecule has 0 aliphatic carbocycles. The van der Waals surface area contributed by atoms with Crippen LogP contribution in [-0.4, -0.2) is 18.4 Å². The summed E-state index contributed by atoms with van der Waals surface area (Å²) in [6, 6.07) is 13.3. The summed E-state index contributed by atoms with van der Waals surface area (Å²) in [6.45, 7) is 4.57. The minimum Gasteiger partial charge on any atom is -0.324 e. The number of aryl methyl sites for hydroxylation is 2. The maximum Gasteiger partial charge on any atom is 0.229 e. The molecule has 1 aliphatic rings. The van der Waals surface area contributed by atoms with Gasteiger partial charge in [-0.3, -0.25) is 9.59 Å². The third kappa shape index (κ3) is 3.61. The number of amides is 2. The lowest BCUT2D eigenvalue weighted by molar-refractivity contribution is -0.122. The fourth-order valence-electron chi connectivity index (χ4n) is 3.46. The Balaban J connectivity index is 1.81. The van der Waals surface area contributed by atoms with Gasteiger partial charge in [0.15, 0.2) is 0 Å². The first-order chi connectivity index (χ1) is 12.5. The molecule has 0 aromatic heterocycles. The van der Waals surface area contributed by atoms with Gasteiger partial charge in [0.2, 0.25) is 11.8 Å². The second-order valence-electron chi connectivity index (χ2n) is 6.51. The number of hydrogen-bond acceptors (Lipinski definition) is 2. The Morgan fingerprint density at radius 3 is 2.38 bits per heavy atom. The minimum absolute atomic E-state index is 0.0000846. The molecule has 2 aromatic rings. The molecule has 0 saturated carbocycles. The number of para-hydroxylation sites is 2. The van der Waals surface area contributed by atoms with Gasteiger partial charge in [0.25, 0.3) is 0 Å². The van der Waals surface area contributed by atoms with E-state index in [1.807, 2.05) is 18.2 Å². The number of benzene rings is 2. The number of anilines is 2. The third-order valence-corrected chi connectivity index (χ3v) is 5.19. The predicted molar refractivity (Wildman–Crippen MR) is 106 cm³/mol. The van der Waals surface area contributed by atoms with Gasteiger partial charge in [0, 0.05) is 18.7 Å². The molecule has 1 aliphatic heterocycles. The van der Waals surface area contributed by atoms with Crippen LogP contribution in [-0.2, 0) is 22.4 Å². The van der Waals surface area contributed by atoms with Crippen molar-refractivity contribution in [2.24, 2.45) is 5.92 Å². The zero-order chi connectivity index (χ0) is 18.7. The van der Waals surface area contributed by atoms with Gasteiger partial charge >= 0.3 is 0 Å². The summed E-state index contributed by atoms with van der Waals surface area (Å²) in [5, 5.41) is 3.34.